The van der Waals surface area contributed by atoms with Crippen LogP contribution in [-0.4, -0.2) is 48.0 Å². The fourth-order valence-corrected chi connectivity index (χ4v) is 5.88. The smallest absolute Gasteiger partial charge is 0.243 e. The molecule has 0 radical (unpaired) electrons. The van der Waals surface area contributed by atoms with E-state index in [0.717, 1.165) is 48.3 Å². The number of hydrogen-bond donors (Lipinski definition) is 0. The second kappa shape index (κ2) is 7.91. The highest BCUT2D eigenvalue weighted by molar-refractivity contribution is 7.89. The molecule has 2 aliphatic heterocycles. The van der Waals surface area contributed by atoms with Crippen molar-refractivity contribution in [1.29, 1.82) is 0 Å². The van der Waals surface area contributed by atoms with Crippen molar-refractivity contribution in [2.24, 2.45) is 0 Å². The zero-order chi connectivity index (χ0) is 20.6. The van der Waals surface area contributed by atoms with Gasteiger partial charge in [-0.05, 0) is 69.4 Å². The molecule has 0 spiro atoms. The number of benzene rings is 1. The van der Waals surface area contributed by atoms with E-state index in [1.165, 1.54) is 0 Å². The van der Waals surface area contributed by atoms with Gasteiger partial charge in [0.1, 0.15) is 0 Å². The number of aryl methyl sites for hydroxylation is 4. The number of nitrogens with zero attached hydrogens (tertiary/aromatic N) is 4. The largest absolute Gasteiger partial charge is 0.312 e. The van der Waals surface area contributed by atoms with Crippen molar-refractivity contribution in [2.45, 2.75) is 57.4 Å². The summed E-state index contributed by atoms with van der Waals surface area (Å²) < 4.78 is 29.2. The van der Waals surface area contributed by atoms with Crippen molar-refractivity contribution < 1.29 is 13.2 Å². The van der Waals surface area contributed by atoms with E-state index in [2.05, 4.69) is 5.10 Å². The molecule has 1 aromatic heterocycles. The molecule has 1 amide bonds. The average molecular weight is 417 g/mol. The molecular formula is C21H28N4O3S. The van der Waals surface area contributed by atoms with Crippen LogP contribution in [0.2, 0.25) is 0 Å². The van der Waals surface area contributed by atoms with Crippen LogP contribution in [0.15, 0.2) is 29.2 Å². The first kappa shape index (κ1) is 20.1. The number of fused-ring (bicyclic) bond motifs is 1. The highest BCUT2D eigenvalue weighted by atomic mass is 32.2. The van der Waals surface area contributed by atoms with Crippen LogP contribution in [0, 0.1) is 13.8 Å². The third kappa shape index (κ3) is 3.96. The quantitative estimate of drug-likeness (QED) is 0.751. The lowest BCUT2D eigenvalue weighted by Gasteiger charge is -2.30. The summed E-state index contributed by atoms with van der Waals surface area (Å²) >= 11 is 0. The highest BCUT2D eigenvalue weighted by Crippen LogP contribution is 2.31. The predicted octanol–water partition coefficient (Wildman–Crippen LogP) is 2.65. The molecule has 156 valence electrons. The Morgan fingerprint density at radius 2 is 1.83 bits per heavy atom. The summed E-state index contributed by atoms with van der Waals surface area (Å²) in [5.74, 6) is 0.0497. The minimum atomic E-state index is -3.44. The maximum atomic E-state index is 12.9. The second-order valence-electron chi connectivity index (χ2n) is 7.95. The monoisotopic (exact) mass is 416 g/mol. The molecule has 2 aromatic rings. The molecule has 7 nitrogen and oxygen atoms in total. The van der Waals surface area contributed by atoms with Gasteiger partial charge in [-0.1, -0.05) is 0 Å². The van der Waals surface area contributed by atoms with Gasteiger partial charge in [0.25, 0.3) is 0 Å². The third-order valence-electron chi connectivity index (χ3n) is 5.81. The lowest BCUT2D eigenvalue weighted by molar-refractivity contribution is -0.119. The Hall–Kier alpha value is -2.19. The topological polar surface area (TPSA) is 75.5 Å². The van der Waals surface area contributed by atoms with Crippen LogP contribution in [0.25, 0.3) is 0 Å². The maximum absolute atomic E-state index is 12.9. The first-order valence-electron chi connectivity index (χ1n) is 10.3. The Balaban J connectivity index is 1.52. The summed E-state index contributed by atoms with van der Waals surface area (Å²) in [4.78, 5) is 15.0. The van der Waals surface area contributed by atoms with Gasteiger partial charge in [-0.15, -0.1) is 0 Å². The van der Waals surface area contributed by atoms with Gasteiger partial charge in [0.2, 0.25) is 15.9 Å². The molecule has 0 saturated carbocycles. The van der Waals surface area contributed by atoms with E-state index in [-0.39, 0.29) is 5.91 Å². The van der Waals surface area contributed by atoms with E-state index in [4.69, 9.17) is 0 Å². The summed E-state index contributed by atoms with van der Waals surface area (Å²) in [6.07, 6.45) is 3.84. The van der Waals surface area contributed by atoms with Crippen LogP contribution in [0.4, 0.5) is 5.69 Å². The molecule has 8 heteroatoms. The van der Waals surface area contributed by atoms with E-state index < -0.39 is 10.0 Å². The number of anilines is 1. The van der Waals surface area contributed by atoms with Crippen molar-refractivity contribution >= 4 is 21.6 Å². The van der Waals surface area contributed by atoms with Crippen LogP contribution < -0.4 is 4.90 Å². The zero-order valence-corrected chi connectivity index (χ0v) is 17.9. The van der Waals surface area contributed by atoms with E-state index in [9.17, 15) is 13.2 Å². The molecule has 0 aliphatic carbocycles. The SMILES string of the molecule is Cc1cc(C)n(CCC(=O)N2CCCc3cc(S(=O)(=O)N4CCCC4)ccc32)n1. The van der Waals surface area contributed by atoms with E-state index in [1.807, 2.05) is 24.6 Å². The molecule has 29 heavy (non-hydrogen) atoms. The van der Waals surface area contributed by atoms with Crippen LogP contribution in [0.3, 0.4) is 0 Å². The summed E-state index contributed by atoms with van der Waals surface area (Å²) in [5.41, 5.74) is 3.78. The number of rotatable bonds is 5. The number of sulfonamides is 1. The molecule has 1 aromatic carbocycles. The van der Waals surface area contributed by atoms with Gasteiger partial charge in [0.05, 0.1) is 10.6 Å². The summed E-state index contributed by atoms with van der Waals surface area (Å²) in [5, 5.41) is 4.42. The minimum absolute atomic E-state index is 0.0497. The first-order chi connectivity index (χ1) is 13.9. The van der Waals surface area contributed by atoms with Gasteiger partial charge in [0, 0.05) is 44.0 Å². The Bertz CT molecular complexity index is 1020. The molecule has 1 saturated heterocycles. The van der Waals surface area contributed by atoms with Gasteiger partial charge < -0.3 is 4.90 Å². The number of carbonyl (C=O) groups excluding carboxylic acids is 1. The van der Waals surface area contributed by atoms with E-state index in [0.29, 0.717) is 37.5 Å². The molecule has 0 atom stereocenters. The molecule has 4 rings (SSSR count). The van der Waals surface area contributed by atoms with Gasteiger partial charge in [-0.3, -0.25) is 9.48 Å². The average Bonchev–Trinajstić information content (AvgIpc) is 3.35. The van der Waals surface area contributed by atoms with Crippen molar-refractivity contribution in [3.05, 3.63) is 41.2 Å². The third-order valence-corrected chi connectivity index (χ3v) is 7.71. The lowest BCUT2D eigenvalue weighted by atomic mass is 10.0. The standard InChI is InChI=1S/C21H28N4O3S/c1-16-14-17(2)25(22-16)13-9-21(26)24-12-5-6-18-15-19(7-8-20(18)24)29(27,28)23-10-3-4-11-23/h7-8,14-15H,3-6,9-13H2,1-2H3. The van der Waals surface area contributed by atoms with Crippen molar-refractivity contribution in [3.8, 4) is 0 Å². The number of carbonyl (C=O) groups is 1. The fourth-order valence-electron chi connectivity index (χ4n) is 4.31. The maximum Gasteiger partial charge on any atom is 0.243 e. The number of amides is 1. The zero-order valence-electron chi connectivity index (χ0n) is 17.1. The van der Waals surface area contributed by atoms with Crippen LogP contribution in [0.1, 0.15) is 42.6 Å². The Morgan fingerprint density at radius 1 is 1.07 bits per heavy atom. The molecule has 0 bridgehead atoms. The van der Waals surface area contributed by atoms with Crippen LogP contribution >= 0.6 is 0 Å². The van der Waals surface area contributed by atoms with Crippen LogP contribution in [-0.2, 0) is 27.8 Å². The predicted molar refractivity (Wildman–Crippen MR) is 111 cm³/mol. The molecular weight excluding hydrogens is 388 g/mol. The Labute approximate surface area is 172 Å². The molecule has 0 unspecified atom stereocenters. The second-order valence-corrected chi connectivity index (χ2v) is 9.89. The van der Waals surface area contributed by atoms with Crippen molar-refractivity contribution in [1.82, 2.24) is 14.1 Å². The van der Waals surface area contributed by atoms with E-state index >= 15 is 0 Å². The van der Waals surface area contributed by atoms with Crippen molar-refractivity contribution in [3.63, 3.8) is 0 Å². The summed E-state index contributed by atoms with van der Waals surface area (Å²) in [6.45, 7) is 6.34. The van der Waals surface area contributed by atoms with Gasteiger partial charge in [-0.2, -0.15) is 9.40 Å². The normalized spacial score (nSPS) is 17.5. The molecule has 3 heterocycles. The fraction of sp³-hybridized carbons (Fsp3) is 0.524. The first-order valence-corrected chi connectivity index (χ1v) is 11.7. The summed E-state index contributed by atoms with van der Waals surface area (Å²) in [6, 6.07) is 7.23. The Kier molecular flexibility index (Phi) is 5.48. The molecule has 1 fully saturated rings. The minimum Gasteiger partial charge on any atom is -0.312 e. The number of hydrogen-bond acceptors (Lipinski definition) is 4. The van der Waals surface area contributed by atoms with Crippen molar-refractivity contribution in [2.75, 3.05) is 24.5 Å². The highest BCUT2D eigenvalue weighted by Gasteiger charge is 2.29. The van der Waals surface area contributed by atoms with E-state index in [1.54, 1.807) is 27.4 Å². The van der Waals surface area contributed by atoms with Gasteiger partial charge >= 0.3 is 0 Å². The molecule has 2 aliphatic rings. The van der Waals surface area contributed by atoms with Crippen LogP contribution in [0.5, 0.6) is 0 Å². The van der Waals surface area contributed by atoms with Gasteiger partial charge in [-0.25, -0.2) is 8.42 Å². The summed E-state index contributed by atoms with van der Waals surface area (Å²) in [7, 11) is -3.44. The Morgan fingerprint density at radius 3 is 2.52 bits per heavy atom. The number of aromatic nitrogens is 2. The molecule has 0 N–H and O–H groups in total. The van der Waals surface area contributed by atoms with Gasteiger partial charge in [0.15, 0.2) is 0 Å². The lowest BCUT2D eigenvalue weighted by Crippen LogP contribution is -2.36.